The van der Waals surface area contributed by atoms with Gasteiger partial charge in [-0.3, -0.25) is 14.6 Å². The van der Waals surface area contributed by atoms with Gasteiger partial charge in [0.15, 0.2) is 0 Å². The summed E-state index contributed by atoms with van der Waals surface area (Å²) in [5.74, 6) is -4.06. The highest BCUT2D eigenvalue weighted by atomic mass is 19.3. The number of hydrogen-bond donors (Lipinski definition) is 1. The third kappa shape index (κ3) is 5.22. The standard InChI is InChI=1S/C26H26F3N5O2/c1-15(2)24-31-12-17(13-32-24)25(36)33-22-19(18-6-4-5-7-20(18)27)9-11-30-23(22)21-8-10-26(28,29)14-34(21)16(3)35/h4-7,9,11-13,15,21H,8,10,14H2,1-3H3,(H,33,36). The summed E-state index contributed by atoms with van der Waals surface area (Å²) in [5.41, 5.74) is 1.01. The first-order valence-corrected chi connectivity index (χ1v) is 11.6. The number of carbonyl (C=O) groups excluding carboxylic acids is 2. The van der Waals surface area contributed by atoms with Crippen LogP contribution in [0.4, 0.5) is 18.9 Å². The number of benzene rings is 1. The molecule has 1 fully saturated rings. The molecule has 4 rings (SSSR count). The zero-order valence-electron chi connectivity index (χ0n) is 20.1. The Morgan fingerprint density at radius 3 is 2.42 bits per heavy atom. The van der Waals surface area contributed by atoms with E-state index in [4.69, 9.17) is 0 Å². The number of pyridine rings is 1. The summed E-state index contributed by atoms with van der Waals surface area (Å²) >= 11 is 0. The van der Waals surface area contributed by atoms with Crippen molar-refractivity contribution in [3.05, 3.63) is 71.8 Å². The van der Waals surface area contributed by atoms with Crippen molar-refractivity contribution in [2.24, 2.45) is 0 Å². The Kier molecular flexibility index (Phi) is 7.05. The molecule has 2 amide bonds. The first kappa shape index (κ1) is 25.3. The first-order chi connectivity index (χ1) is 17.1. The number of halogens is 3. The molecule has 1 saturated heterocycles. The van der Waals surface area contributed by atoms with E-state index in [0.717, 1.165) is 4.90 Å². The second-order valence-electron chi connectivity index (χ2n) is 9.09. The van der Waals surface area contributed by atoms with Gasteiger partial charge in [-0.15, -0.1) is 0 Å². The second kappa shape index (κ2) is 10.0. The minimum atomic E-state index is -3.04. The Hall–Kier alpha value is -3.82. The maximum absolute atomic E-state index is 14.8. The Morgan fingerprint density at radius 1 is 1.08 bits per heavy atom. The van der Waals surface area contributed by atoms with Gasteiger partial charge in [-0.1, -0.05) is 32.0 Å². The van der Waals surface area contributed by atoms with E-state index in [2.05, 4.69) is 20.3 Å². The van der Waals surface area contributed by atoms with Crippen LogP contribution in [0.2, 0.25) is 0 Å². The summed E-state index contributed by atoms with van der Waals surface area (Å²) in [6.07, 6.45) is 3.66. The smallest absolute Gasteiger partial charge is 0.265 e. The number of hydrogen-bond acceptors (Lipinski definition) is 5. The van der Waals surface area contributed by atoms with Gasteiger partial charge in [-0.2, -0.15) is 0 Å². The summed E-state index contributed by atoms with van der Waals surface area (Å²) in [4.78, 5) is 39.4. The van der Waals surface area contributed by atoms with Crippen LogP contribution in [-0.2, 0) is 4.79 Å². The Labute approximate surface area is 206 Å². The van der Waals surface area contributed by atoms with E-state index in [-0.39, 0.29) is 34.8 Å². The lowest BCUT2D eigenvalue weighted by atomic mass is 9.92. The number of anilines is 1. The van der Waals surface area contributed by atoms with Crippen LogP contribution in [0.15, 0.2) is 48.9 Å². The number of nitrogens with one attached hydrogen (secondary N) is 1. The highest BCUT2D eigenvalue weighted by Crippen LogP contribution is 2.42. The second-order valence-corrected chi connectivity index (χ2v) is 9.09. The summed E-state index contributed by atoms with van der Waals surface area (Å²) in [6.45, 7) is 4.29. The summed E-state index contributed by atoms with van der Waals surface area (Å²) in [5, 5.41) is 2.77. The van der Waals surface area contributed by atoms with Gasteiger partial charge < -0.3 is 10.2 Å². The molecule has 1 unspecified atom stereocenters. The fraction of sp³-hybridized carbons (Fsp3) is 0.346. The Bertz CT molecular complexity index is 1280. The molecule has 10 heteroatoms. The van der Waals surface area contributed by atoms with Gasteiger partial charge in [0.05, 0.1) is 29.5 Å². The van der Waals surface area contributed by atoms with E-state index >= 15 is 0 Å². The van der Waals surface area contributed by atoms with Crippen LogP contribution in [0.3, 0.4) is 0 Å². The normalized spacial score (nSPS) is 17.2. The van der Waals surface area contributed by atoms with Crippen molar-refractivity contribution in [2.45, 2.75) is 51.5 Å². The van der Waals surface area contributed by atoms with Gasteiger partial charge in [0.25, 0.3) is 11.8 Å². The number of nitrogens with zero attached hydrogens (tertiary/aromatic N) is 4. The fourth-order valence-corrected chi connectivity index (χ4v) is 4.26. The lowest BCUT2D eigenvalue weighted by molar-refractivity contribution is -0.145. The lowest BCUT2D eigenvalue weighted by Crippen LogP contribution is -2.47. The summed E-state index contributed by atoms with van der Waals surface area (Å²) in [6, 6.07) is 6.71. The summed E-state index contributed by atoms with van der Waals surface area (Å²) in [7, 11) is 0. The van der Waals surface area contributed by atoms with E-state index < -0.39 is 42.6 Å². The van der Waals surface area contributed by atoms with Crippen LogP contribution in [0.5, 0.6) is 0 Å². The molecule has 1 aliphatic heterocycles. The zero-order chi connectivity index (χ0) is 26.0. The first-order valence-electron chi connectivity index (χ1n) is 11.6. The van der Waals surface area contributed by atoms with E-state index in [1.54, 1.807) is 12.1 Å². The molecule has 0 radical (unpaired) electrons. The lowest BCUT2D eigenvalue weighted by Gasteiger charge is -2.39. The van der Waals surface area contributed by atoms with Gasteiger partial charge in [-0.25, -0.2) is 23.1 Å². The van der Waals surface area contributed by atoms with Gasteiger partial charge in [0, 0.05) is 49.0 Å². The van der Waals surface area contributed by atoms with Gasteiger partial charge in [-0.05, 0) is 18.6 Å². The zero-order valence-corrected chi connectivity index (χ0v) is 20.1. The Balaban J connectivity index is 1.81. The van der Waals surface area contributed by atoms with Crippen LogP contribution in [0.1, 0.15) is 67.4 Å². The summed E-state index contributed by atoms with van der Waals surface area (Å²) < 4.78 is 43.1. The van der Waals surface area contributed by atoms with Crippen molar-refractivity contribution in [1.29, 1.82) is 0 Å². The molecule has 0 spiro atoms. The van der Waals surface area contributed by atoms with E-state index in [1.807, 2.05) is 13.8 Å². The van der Waals surface area contributed by atoms with Crippen molar-refractivity contribution in [3.8, 4) is 11.1 Å². The number of likely N-dealkylation sites (tertiary alicyclic amines) is 1. The van der Waals surface area contributed by atoms with E-state index in [9.17, 15) is 22.8 Å². The van der Waals surface area contributed by atoms with Gasteiger partial charge >= 0.3 is 0 Å². The van der Waals surface area contributed by atoms with Crippen LogP contribution < -0.4 is 5.32 Å². The van der Waals surface area contributed by atoms with E-state index in [1.165, 1.54) is 43.7 Å². The molecule has 2 aromatic heterocycles. The van der Waals surface area contributed by atoms with Crippen molar-refractivity contribution < 1.29 is 22.8 Å². The molecule has 188 valence electrons. The Morgan fingerprint density at radius 2 is 1.78 bits per heavy atom. The third-order valence-corrected chi connectivity index (χ3v) is 6.11. The maximum atomic E-state index is 14.8. The minimum absolute atomic E-state index is 0.0710. The maximum Gasteiger partial charge on any atom is 0.265 e. The van der Waals surface area contributed by atoms with Crippen molar-refractivity contribution in [2.75, 3.05) is 11.9 Å². The molecule has 0 bridgehead atoms. The number of alkyl halides is 2. The van der Waals surface area contributed by atoms with Crippen LogP contribution >= 0.6 is 0 Å². The highest BCUT2D eigenvalue weighted by Gasteiger charge is 2.43. The molecular formula is C26H26F3N5O2. The van der Waals surface area contributed by atoms with Gasteiger partial charge in [0.1, 0.15) is 11.6 Å². The third-order valence-electron chi connectivity index (χ3n) is 6.11. The van der Waals surface area contributed by atoms with Crippen molar-refractivity contribution in [3.63, 3.8) is 0 Å². The SMILES string of the molecule is CC(=O)N1CC(F)(F)CCC1c1nccc(-c2ccccc2F)c1NC(=O)c1cnc(C(C)C)nc1. The molecule has 1 aliphatic rings. The molecule has 1 atom stereocenters. The molecule has 3 heterocycles. The molecule has 1 N–H and O–H groups in total. The number of rotatable bonds is 5. The van der Waals surface area contributed by atoms with Crippen LogP contribution in [0.25, 0.3) is 11.1 Å². The molecule has 7 nitrogen and oxygen atoms in total. The largest absolute Gasteiger partial charge is 0.328 e. The quantitative estimate of drug-likeness (QED) is 0.512. The predicted molar refractivity (Wildman–Crippen MR) is 128 cm³/mol. The monoisotopic (exact) mass is 497 g/mol. The van der Waals surface area contributed by atoms with Crippen molar-refractivity contribution >= 4 is 17.5 Å². The number of amides is 2. The fourth-order valence-electron chi connectivity index (χ4n) is 4.26. The molecular weight excluding hydrogens is 471 g/mol. The minimum Gasteiger partial charge on any atom is -0.328 e. The average Bonchev–Trinajstić information content (AvgIpc) is 2.84. The predicted octanol–water partition coefficient (Wildman–Crippen LogP) is 5.37. The van der Waals surface area contributed by atoms with Crippen molar-refractivity contribution in [1.82, 2.24) is 19.9 Å². The van der Waals surface area contributed by atoms with Crippen LogP contribution in [0, 0.1) is 5.82 Å². The average molecular weight is 498 g/mol. The molecule has 36 heavy (non-hydrogen) atoms. The van der Waals surface area contributed by atoms with E-state index in [0.29, 0.717) is 11.4 Å². The molecule has 0 aliphatic carbocycles. The number of aromatic nitrogens is 3. The topological polar surface area (TPSA) is 88.1 Å². The molecule has 3 aromatic rings. The molecule has 0 saturated carbocycles. The number of carbonyl (C=O) groups is 2. The van der Waals surface area contributed by atoms with Gasteiger partial charge in [0.2, 0.25) is 5.91 Å². The van der Waals surface area contributed by atoms with Crippen LogP contribution in [-0.4, -0.2) is 44.1 Å². The number of piperidine rings is 1. The molecule has 1 aromatic carbocycles. The highest BCUT2D eigenvalue weighted by molar-refractivity contribution is 6.06.